The van der Waals surface area contributed by atoms with Gasteiger partial charge in [0.05, 0.1) is 6.10 Å². The Morgan fingerprint density at radius 2 is 1.77 bits per heavy atom. The molecule has 0 amide bonds. The maximum Gasteiger partial charge on any atom is 0.0526 e. The lowest BCUT2D eigenvalue weighted by atomic mass is 10.1. The summed E-state index contributed by atoms with van der Waals surface area (Å²) in [4.78, 5) is 0. The van der Waals surface area contributed by atoms with Gasteiger partial charge < -0.3 is 10.4 Å². The summed E-state index contributed by atoms with van der Waals surface area (Å²) >= 11 is 0. The van der Waals surface area contributed by atoms with Crippen molar-refractivity contribution in [2.24, 2.45) is 0 Å². The van der Waals surface area contributed by atoms with Crippen molar-refractivity contribution in [3.63, 3.8) is 0 Å². The quantitative estimate of drug-likeness (QED) is 0.641. The third-order valence-corrected chi connectivity index (χ3v) is 2.25. The molecule has 0 aliphatic carbocycles. The molecule has 0 rings (SSSR count). The summed E-state index contributed by atoms with van der Waals surface area (Å²) in [6.07, 6.45) is 4.43. The van der Waals surface area contributed by atoms with Gasteiger partial charge in [0, 0.05) is 12.1 Å². The lowest BCUT2D eigenvalue weighted by Crippen LogP contribution is -2.36. The van der Waals surface area contributed by atoms with Gasteiger partial charge in [-0.25, -0.2) is 0 Å². The number of rotatable bonds is 7. The number of hydrogen-bond donors (Lipinski definition) is 2. The van der Waals surface area contributed by atoms with E-state index in [1.54, 1.807) is 0 Å². The standard InChI is InChI=1S/C11H25NO/c1-5-6-7-9(2)12-10(3)8-11(4)13/h9-13H,5-8H2,1-4H3. The molecule has 2 N–H and O–H groups in total. The highest BCUT2D eigenvalue weighted by Gasteiger charge is 2.08. The van der Waals surface area contributed by atoms with Crippen LogP contribution in [-0.4, -0.2) is 23.3 Å². The minimum atomic E-state index is -0.194. The molecule has 0 aliphatic heterocycles. The minimum absolute atomic E-state index is 0.194. The van der Waals surface area contributed by atoms with Gasteiger partial charge in [-0.05, 0) is 33.6 Å². The fraction of sp³-hybridized carbons (Fsp3) is 1.00. The predicted molar refractivity (Wildman–Crippen MR) is 57.9 cm³/mol. The second-order valence-corrected chi connectivity index (χ2v) is 4.20. The van der Waals surface area contributed by atoms with Crippen LogP contribution in [0.2, 0.25) is 0 Å². The number of hydrogen-bond acceptors (Lipinski definition) is 2. The number of aliphatic hydroxyl groups excluding tert-OH is 1. The highest BCUT2D eigenvalue weighted by atomic mass is 16.3. The van der Waals surface area contributed by atoms with Crippen molar-refractivity contribution in [2.75, 3.05) is 0 Å². The summed E-state index contributed by atoms with van der Waals surface area (Å²) in [6.45, 7) is 8.41. The molecular formula is C11H25NO. The largest absolute Gasteiger partial charge is 0.393 e. The van der Waals surface area contributed by atoms with Crippen LogP contribution in [-0.2, 0) is 0 Å². The van der Waals surface area contributed by atoms with Crippen LogP contribution in [0.5, 0.6) is 0 Å². The van der Waals surface area contributed by atoms with E-state index in [0.717, 1.165) is 6.42 Å². The maximum absolute atomic E-state index is 9.17. The second-order valence-electron chi connectivity index (χ2n) is 4.20. The SMILES string of the molecule is CCCCC(C)NC(C)CC(C)O. The van der Waals surface area contributed by atoms with Crippen molar-refractivity contribution < 1.29 is 5.11 Å². The molecule has 2 nitrogen and oxygen atoms in total. The first kappa shape index (κ1) is 12.9. The van der Waals surface area contributed by atoms with Crippen molar-refractivity contribution in [1.29, 1.82) is 0 Å². The maximum atomic E-state index is 9.17. The molecule has 0 radical (unpaired) electrons. The second kappa shape index (κ2) is 7.34. The molecule has 0 spiro atoms. The Balaban J connectivity index is 3.46. The van der Waals surface area contributed by atoms with Crippen molar-refractivity contribution in [3.05, 3.63) is 0 Å². The van der Waals surface area contributed by atoms with Crippen molar-refractivity contribution in [1.82, 2.24) is 5.32 Å². The average molecular weight is 187 g/mol. The Kier molecular flexibility index (Phi) is 7.29. The smallest absolute Gasteiger partial charge is 0.0526 e. The number of aliphatic hydroxyl groups is 1. The van der Waals surface area contributed by atoms with Crippen LogP contribution in [0.4, 0.5) is 0 Å². The van der Waals surface area contributed by atoms with Crippen LogP contribution in [0.3, 0.4) is 0 Å². The van der Waals surface area contributed by atoms with Crippen molar-refractivity contribution in [3.8, 4) is 0 Å². The number of unbranched alkanes of at least 4 members (excludes halogenated alkanes) is 1. The monoisotopic (exact) mass is 187 g/mol. The van der Waals surface area contributed by atoms with Crippen LogP contribution >= 0.6 is 0 Å². The molecule has 0 aromatic carbocycles. The van der Waals surface area contributed by atoms with Gasteiger partial charge in [0.25, 0.3) is 0 Å². The fourth-order valence-electron chi connectivity index (χ4n) is 1.66. The topological polar surface area (TPSA) is 32.3 Å². The average Bonchev–Trinajstić information content (AvgIpc) is 1.98. The molecule has 2 heteroatoms. The van der Waals surface area contributed by atoms with Gasteiger partial charge in [-0.15, -0.1) is 0 Å². The molecule has 0 fully saturated rings. The molecule has 3 atom stereocenters. The third kappa shape index (κ3) is 8.26. The van der Waals surface area contributed by atoms with Crippen LogP contribution in [0, 0.1) is 0 Å². The molecule has 0 saturated carbocycles. The van der Waals surface area contributed by atoms with E-state index in [0.29, 0.717) is 12.1 Å². The summed E-state index contributed by atoms with van der Waals surface area (Å²) in [5, 5.41) is 12.7. The van der Waals surface area contributed by atoms with E-state index >= 15 is 0 Å². The normalized spacial score (nSPS) is 18.2. The molecule has 0 bridgehead atoms. The Morgan fingerprint density at radius 3 is 2.23 bits per heavy atom. The zero-order valence-electron chi connectivity index (χ0n) is 9.51. The molecule has 13 heavy (non-hydrogen) atoms. The highest BCUT2D eigenvalue weighted by molar-refractivity contribution is 4.69. The summed E-state index contributed by atoms with van der Waals surface area (Å²) in [7, 11) is 0. The Bertz CT molecular complexity index is 115. The van der Waals surface area contributed by atoms with Gasteiger partial charge >= 0.3 is 0 Å². The molecule has 3 unspecified atom stereocenters. The third-order valence-electron chi connectivity index (χ3n) is 2.25. The van der Waals surface area contributed by atoms with Gasteiger partial charge in [-0.3, -0.25) is 0 Å². The zero-order chi connectivity index (χ0) is 10.3. The Hall–Kier alpha value is -0.0800. The first-order chi connectivity index (χ1) is 6.06. The predicted octanol–water partition coefficient (Wildman–Crippen LogP) is 2.31. The van der Waals surface area contributed by atoms with Crippen LogP contribution in [0.25, 0.3) is 0 Å². The fourth-order valence-corrected chi connectivity index (χ4v) is 1.66. The zero-order valence-corrected chi connectivity index (χ0v) is 9.51. The van der Waals surface area contributed by atoms with E-state index in [1.165, 1.54) is 19.3 Å². The van der Waals surface area contributed by atoms with E-state index < -0.39 is 0 Å². The minimum Gasteiger partial charge on any atom is -0.393 e. The summed E-state index contributed by atoms with van der Waals surface area (Å²) < 4.78 is 0. The van der Waals surface area contributed by atoms with E-state index in [1.807, 2.05) is 6.92 Å². The summed E-state index contributed by atoms with van der Waals surface area (Å²) in [5.74, 6) is 0. The van der Waals surface area contributed by atoms with E-state index in [4.69, 9.17) is 0 Å². The highest BCUT2D eigenvalue weighted by Crippen LogP contribution is 2.03. The molecule has 0 aromatic rings. The van der Waals surface area contributed by atoms with Crippen molar-refractivity contribution >= 4 is 0 Å². The van der Waals surface area contributed by atoms with Gasteiger partial charge in [0.2, 0.25) is 0 Å². The van der Waals surface area contributed by atoms with Crippen LogP contribution in [0.1, 0.15) is 53.4 Å². The van der Waals surface area contributed by atoms with Gasteiger partial charge in [-0.2, -0.15) is 0 Å². The molecular weight excluding hydrogens is 162 g/mol. The Morgan fingerprint density at radius 1 is 1.15 bits per heavy atom. The number of nitrogens with one attached hydrogen (secondary N) is 1. The van der Waals surface area contributed by atoms with E-state index in [2.05, 4.69) is 26.1 Å². The van der Waals surface area contributed by atoms with Gasteiger partial charge in [-0.1, -0.05) is 19.8 Å². The lowest BCUT2D eigenvalue weighted by Gasteiger charge is -2.20. The van der Waals surface area contributed by atoms with E-state index in [-0.39, 0.29) is 6.10 Å². The van der Waals surface area contributed by atoms with Crippen molar-refractivity contribution in [2.45, 2.75) is 71.6 Å². The van der Waals surface area contributed by atoms with Gasteiger partial charge in [0.15, 0.2) is 0 Å². The molecule has 0 aliphatic rings. The lowest BCUT2D eigenvalue weighted by molar-refractivity contribution is 0.168. The van der Waals surface area contributed by atoms with E-state index in [9.17, 15) is 5.11 Å². The summed E-state index contributed by atoms with van der Waals surface area (Å²) in [6, 6.07) is 1.00. The van der Waals surface area contributed by atoms with Crippen LogP contribution in [0.15, 0.2) is 0 Å². The summed E-state index contributed by atoms with van der Waals surface area (Å²) in [5.41, 5.74) is 0. The molecule has 0 saturated heterocycles. The van der Waals surface area contributed by atoms with Gasteiger partial charge in [0.1, 0.15) is 0 Å². The Labute approximate surface area is 82.7 Å². The molecule has 0 aromatic heterocycles. The molecule has 80 valence electrons. The van der Waals surface area contributed by atoms with Crippen LogP contribution < -0.4 is 5.32 Å². The molecule has 0 heterocycles. The first-order valence-electron chi connectivity index (χ1n) is 5.50. The first-order valence-corrected chi connectivity index (χ1v) is 5.50.